The predicted molar refractivity (Wildman–Crippen MR) is 119 cm³/mol. The van der Waals surface area contributed by atoms with E-state index in [-0.39, 0.29) is 18.1 Å². The third kappa shape index (κ3) is 5.59. The van der Waals surface area contributed by atoms with Gasteiger partial charge in [0, 0.05) is 18.4 Å². The lowest BCUT2D eigenvalue weighted by atomic mass is 9.85. The van der Waals surface area contributed by atoms with Crippen LogP contribution in [-0.2, 0) is 10.3 Å². The lowest BCUT2D eigenvalue weighted by Gasteiger charge is -2.27. The van der Waals surface area contributed by atoms with Crippen LogP contribution in [0.3, 0.4) is 0 Å². The standard InChI is InChI=1S/C24H32N2O3/c1-7-16(2)23(25)26-24(4,15-17(3)27)20-10-8-9-18(11-20)19-12-21(28-5)14-22(13-19)29-6/h8-14,16H,7,15H2,1-6H3,(H2,25,26). The minimum atomic E-state index is -0.724. The minimum Gasteiger partial charge on any atom is -0.497 e. The lowest BCUT2D eigenvalue weighted by molar-refractivity contribution is -0.118. The molecule has 0 fully saturated rings. The van der Waals surface area contributed by atoms with E-state index in [1.54, 1.807) is 21.1 Å². The van der Waals surface area contributed by atoms with Crippen molar-refractivity contribution < 1.29 is 14.3 Å². The molecular weight excluding hydrogens is 364 g/mol. The van der Waals surface area contributed by atoms with E-state index in [4.69, 9.17) is 20.2 Å². The third-order valence-corrected chi connectivity index (χ3v) is 5.26. The molecule has 29 heavy (non-hydrogen) atoms. The highest BCUT2D eigenvalue weighted by molar-refractivity contribution is 5.84. The number of Topliss-reactive ketones (excluding diaryl/α,β-unsaturated/α-hetero) is 1. The smallest absolute Gasteiger partial charge is 0.132 e. The van der Waals surface area contributed by atoms with Gasteiger partial charge in [-0.05, 0) is 55.2 Å². The highest BCUT2D eigenvalue weighted by Crippen LogP contribution is 2.35. The summed E-state index contributed by atoms with van der Waals surface area (Å²) in [4.78, 5) is 16.8. The fourth-order valence-electron chi connectivity index (χ4n) is 3.30. The zero-order chi connectivity index (χ0) is 21.6. The van der Waals surface area contributed by atoms with Gasteiger partial charge in [0.1, 0.15) is 17.3 Å². The minimum absolute atomic E-state index is 0.0710. The summed E-state index contributed by atoms with van der Waals surface area (Å²) >= 11 is 0. The van der Waals surface area contributed by atoms with Gasteiger partial charge in [0.05, 0.1) is 25.6 Å². The fourth-order valence-corrected chi connectivity index (χ4v) is 3.30. The summed E-state index contributed by atoms with van der Waals surface area (Å²) in [6.45, 7) is 7.68. The number of carbonyl (C=O) groups excluding carboxylic acids is 1. The maximum atomic E-state index is 12.0. The molecule has 2 unspecified atom stereocenters. The van der Waals surface area contributed by atoms with Crippen LogP contribution >= 0.6 is 0 Å². The van der Waals surface area contributed by atoms with Crippen LogP contribution in [0.4, 0.5) is 0 Å². The number of hydrogen-bond acceptors (Lipinski definition) is 4. The quantitative estimate of drug-likeness (QED) is 0.480. The van der Waals surface area contributed by atoms with Crippen LogP contribution in [-0.4, -0.2) is 25.8 Å². The molecule has 2 aromatic carbocycles. The first-order valence-corrected chi connectivity index (χ1v) is 9.91. The van der Waals surface area contributed by atoms with E-state index in [2.05, 4.69) is 13.0 Å². The van der Waals surface area contributed by atoms with E-state index in [0.29, 0.717) is 5.84 Å². The molecule has 0 aliphatic rings. The van der Waals surface area contributed by atoms with Crippen LogP contribution in [0.1, 0.15) is 46.1 Å². The van der Waals surface area contributed by atoms with Gasteiger partial charge in [0.2, 0.25) is 0 Å². The first kappa shape index (κ1) is 22.5. The zero-order valence-electron chi connectivity index (χ0n) is 18.3. The lowest BCUT2D eigenvalue weighted by Crippen LogP contribution is -2.30. The Labute approximate surface area is 173 Å². The van der Waals surface area contributed by atoms with Crippen LogP contribution in [0, 0.1) is 5.92 Å². The second-order valence-corrected chi connectivity index (χ2v) is 7.68. The van der Waals surface area contributed by atoms with Crippen molar-refractivity contribution in [2.24, 2.45) is 16.6 Å². The summed E-state index contributed by atoms with van der Waals surface area (Å²) in [7, 11) is 3.26. The summed E-state index contributed by atoms with van der Waals surface area (Å²) in [6, 6.07) is 13.8. The van der Waals surface area contributed by atoms with Crippen molar-refractivity contribution in [1.82, 2.24) is 0 Å². The molecule has 0 saturated heterocycles. The van der Waals surface area contributed by atoms with Crippen molar-refractivity contribution in [3.63, 3.8) is 0 Å². The average molecular weight is 397 g/mol. The second-order valence-electron chi connectivity index (χ2n) is 7.68. The molecule has 2 aromatic rings. The number of aliphatic imine (C=N–C) groups is 1. The van der Waals surface area contributed by atoms with Crippen molar-refractivity contribution >= 4 is 11.6 Å². The Morgan fingerprint density at radius 1 is 1.10 bits per heavy atom. The molecule has 0 radical (unpaired) electrons. The van der Waals surface area contributed by atoms with Crippen LogP contribution in [0.25, 0.3) is 11.1 Å². The van der Waals surface area contributed by atoms with Gasteiger partial charge in [-0.3, -0.25) is 9.79 Å². The van der Waals surface area contributed by atoms with Crippen molar-refractivity contribution in [2.45, 2.75) is 46.1 Å². The Balaban J connectivity index is 2.57. The molecule has 0 saturated carbocycles. The molecule has 0 aromatic heterocycles. The Kier molecular flexibility index (Phi) is 7.43. The van der Waals surface area contributed by atoms with Gasteiger partial charge in [-0.2, -0.15) is 0 Å². The number of benzene rings is 2. The van der Waals surface area contributed by atoms with Crippen LogP contribution < -0.4 is 15.2 Å². The number of rotatable bonds is 9. The monoisotopic (exact) mass is 396 g/mol. The first-order valence-electron chi connectivity index (χ1n) is 9.91. The van der Waals surface area contributed by atoms with Gasteiger partial charge in [-0.25, -0.2) is 0 Å². The van der Waals surface area contributed by atoms with E-state index >= 15 is 0 Å². The maximum Gasteiger partial charge on any atom is 0.132 e. The highest BCUT2D eigenvalue weighted by atomic mass is 16.5. The highest BCUT2D eigenvalue weighted by Gasteiger charge is 2.29. The summed E-state index contributed by atoms with van der Waals surface area (Å²) in [6.07, 6.45) is 1.18. The van der Waals surface area contributed by atoms with E-state index in [1.807, 2.05) is 50.2 Å². The molecule has 5 heteroatoms. The van der Waals surface area contributed by atoms with Crippen molar-refractivity contribution in [2.75, 3.05) is 14.2 Å². The molecule has 5 nitrogen and oxygen atoms in total. The van der Waals surface area contributed by atoms with Gasteiger partial charge in [0.15, 0.2) is 0 Å². The van der Waals surface area contributed by atoms with Gasteiger partial charge >= 0.3 is 0 Å². The summed E-state index contributed by atoms with van der Waals surface area (Å²) in [5.41, 5.74) is 8.43. The van der Waals surface area contributed by atoms with Crippen molar-refractivity contribution in [3.05, 3.63) is 48.0 Å². The Hall–Kier alpha value is -2.82. The molecule has 0 heterocycles. The fraction of sp³-hybridized carbons (Fsp3) is 0.417. The first-order chi connectivity index (χ1) is 13.7. The predicted octanol–water partition coefficient (Wildman–Crippen LogP) is 4.97. The van der Waals surface area contributed by atoms with Gasteiger partial charge in [0.25, 0.3) is 0 Å². The molecule has 0 aliphatic carbocycles. The van der Waals surface area contributed by atoms with Crippen LogP contribution in [0.2, 0.25) is 0 Å². The van der Waals surface area contributed by atoms with E-state index in [1.165, 1.54) is 0 Å². The number of ketones is 1. The van der Waals surface area contributed by atoms with Gasteiger partial charge < -0.3 is 15.2 Å². The second kappa shape index (κ2) is 9.59. The number of methoxy groups -OCH3 is 2. The number of hydrogen-bond donors (Lipinski definition) is 1. The molecule has 0 aliphatic heterocycles. The van der Waals surface area contributed by atoms with E-state index in [9.17, 15) is 4.79 Å². The molecule has 0 spiro atoms. The molecule has 2 N–H and O–H groups in total. The van der Waals surface area contributed by atoms with Crippen LogP contribution in [0.15, 0.2) is 47.5 Å². The summed E-state index contributed by atoms with van der Waals surface area (Å²) < 4.78 is 10.8. The average Bonchev–Trinajstić information content (AvgIpc) is 2.72. The number of ether oxygens (including phenoxy) is 2. The largest absolute Gasteiger partial charge is 0.497 e. The normalized spacial score (nSPS) is 14.8. The van der Waals surface area contributed by atoms with E-state index < -0.39 is 5.54 Å². The summed E-state index contributed by atoms with van der Waals surface area (Å²) in [5, 5.41) is 0. The van der Waals surface area contributed by atoms with Crippen LogP contribution in [0.5, 0.6) is 11.5 Å². The SMILES string of the molecule is CCC(C)C(N)=NC(C)(CC(C)=O)c1cccc(-c2cc(OC)cc(OC)c2)c1. The summed E-state index contributed by atoms with van der Waals surface area (Å²) in [5.74, 6) is 2.24. The zero-order valence-corrected chi connectivity index (χ0v) is 18.3. The number of carbonyl (C=O) groups is 1. The molecule has 0 bridgehead atoms. The Morgan fingerprint density at radius 3 is 2.24 bits per heavy atom. The Morgan fingerprint density at radius 2 is 1.72 bits per heavy atom. The molecule has 0 amide bonds. The van der Waals surface area contributed by atoms with Crippen molar-refractivity contribution in [3.8, 4) is 22.6 Å². The Bertz CT molecular complexity index is 869. The maximum absolute atomic E-state index is 12.0. The topological polar surface area (TPSA) is 73.9 Å². The molecular formula is C24H32N2O3. The van der Waals surface area contributed by atoms with Crippen molar-refractivity contribution in [1.29, 1.82) is 0 Å². The number of nitrogens with two attached hydrogens (primary N) is 1. The molecule has 2 rings (SSSR count). The van der Waals surface area contributed by atoms with Gasteiger partial charge in [-0.1, -0.05) is 32.0 Å². The molecule has 156 valence electrons. The third-order valence-electron chi connectivity index (χ3n) is 5.26. The van der Waals surface area contributed by atoms with E-state index in [0.717, 1.165) is 34.6 Å². The van der Waals surface area contributed by atoms with Gasteiger partial charge in [-0.15, -0.1) is 0 Å². The molecule has 2 atom stereocenters. The number of nitrogens with zero attached hydrogens (tertiary/aromatic N) is 1. The number of amidine groups is 1.